The Labute approximate surface area is 677 Å². The lowest BCUT2D eigenvalue weighted by Crippen LogP contribution is -2.28. The number of halogens is 10. The number of fused-ring (bicyclic) bond motifs is 4. The van der Waals surface area contributed by atoms with Crippen LogP contribution in [0.2, 0.25) is 0 Å². The Balaban J connectivity index is 0.000000170. The van der Waals surface area contributed by atoms with Crippen LogP contribution in [0.3, 0.4) is 0 Å². The molecule has 8 aromatic heterocycles. The summed E-state index contributed by atoms with van der Waals surface area (Å²) in [5.41, 5.74) is -3.96. The summed E-state index contributed by atoms with van der Waals surface area (Å²) in [4.78, 5) is 101. The van der Waals surface area contributed by atoms with Gasteiger partial charge in [-0.3, -0.25) is 56.6 Å². The standard InChI is InChI=1S/C19H18F2IN3O5.C19H19FIN3O4.C18H16F2IN3O4.C17H15FIN3O3/c1-24-6-13(30-8-10(27)7-26)17(28)14-16(15(21)19(29)25(2)18(14)24)23-12-4-3-9(22)5-11(12)20;1-10-16(22-13-5-4-11(21)8-12(13)20)15-17(26)14(28-7-6-25)9-23(2)18(15)24(3)19(10)27;1-23-8-12(28-6-5-25)16(26)13-15(14(20)18(27)24(2)17(13)23)22-11-4-3-9(21)7-10(11)19;1-21-15(25)9-13(20-12-3-2-10(19)8-11(12)18)16-14(24)4-5-22(6-7-23)17(16)21/h3-6,10,23,26-27H,7-8H2,1-2H3;4-5,8-9,22,25H,6-7H2,1-3H3;3-4,7-8,22,25H,5-6H2,1-2H3;2-5,8-9,20,23H,6-7H2,1H3/t10-;;;/m0.../s1. The van der Waals surface area contributed by atoms with Crippen LogP contribution in [0.5, 0.6) is 17.2 Å². The fourth-order valence-electron chi connectivity index (χ4n) is 11.7. The van der Waals surface area contributed by atoms with E-state index in [-0.39, 0.29) is 153 Å². The Morgan fingerprint density at radius 1 is 0.423 bits per heavy atom. The fraction of sp³-hybridized carbons (Fsp3) is 0.233. The maximum atomic E-state index is 14.9. The number of anilines is 8. The number of aromatic nitrogens is 8. The molecule has 111 heavy (non-hydrogen) atoms. The molecule has 4 aromatic carbocycles. The van der Waals surface area contributed by atoms with Crippen molar-refractivity contribution in [3.8, 4) is 17.2 Å². The van der Waals surface area contributed by atoms with Crippen molar-refractivity contribution in [1.82, 2.24) is 36.5 Å². The highest BCUT2D eigenvalue weighted by atomic mass is 127. The van der Waals surface area contributed by atoms with Gasteiger partial charge in [-0.2, -0.15) is 8.78 Å². The number of nitrogens with zero attached hydrogens (tertiary/aromatic N) is 8. The van der Waals surface area contributed by atoms with Crippen LogP contribution in [0.1, 0.15) is 5.56 Å². The Kier molecular flexibility index (Phi) is 28.3. The largest absolute Gasteiger partial charge is 0.486 e. The van der Waals surface area contributed by atoms with Crippen LogP contribution in [0.25, 0.3) is 44.1 Å². The third kappa shape index (κ3) is 18.5. The molecule has 586 valence electrons. The summed E-state index contributed by atoms with van der Waals surface area (Å²) in [6.07, 6.45) is 4.38. The summed E-state index contributed by atoms with van der Waals surface area (Å²) in [6.45, 7) is -0.0237. The minimum absolute atomic E-state index is 0.0354. The maximum absolute atomic E-state index is 14.9. The van der Waals surface area contributed by atoms with Crippen molar-refractivity contribution >= 4 is 180 Å². The minimum atomic E-state index is -1.26. The van der Waals surface area contributed by atoms with E-state index >= 15 is 0 Å². The average Bonchev–Trinajstić information content (AvgIpc) is 1.03. The number of pyridine rings is 8. The van der Waals surface area contributed by atoms with Gasteiger partial charge in [-0.05, 0) is 170 Å². The van der Waals surface area contributed by atoms with E-state index in [0.717, 1.165) is 16.3 Å². The lowest BCUT2D eigenvalue weighted by molar-refractivity contribution is 0.0531. The molecule has 0 saturated heterocycles. The number of ether oxygens (including phenoxy) is 3. The molecular formula is C73H68F6I4N12O16. The molecule has 0 saturated carbocycles. The second-order valence-electron chi connectivity index (χ2n) is 24.4. The summed E-state index contributed by atoms with van der Waals surface area (Å²) in [5.74, 6) is -5.13. The van der Waals surface area contributed by atoms with Gasteiger partial charge in [0.2, 0.25) is 27.9 Å². The van der Waals surface area contributed by atoms with Crippen LogP contribution >= 0.6 is 90.4 Å². The van der Waals surface area contributed by atoms with Crippen molar-refractivity contribution in [3.63, 3.8) is 0 Å². The smallest absolute Gasteiger partial charge is 0.290 e. The predicted octanol–water partition coefficient (Wildman–Crippen LogP) is 8.41. The van der Waals surface area contributed by atoms with Crippen molar-refractivity contribution in [1.29, 1.82) is 0 Å². The van der Waals surface area contributed by atoms with Gasteiger partial charge in [0.25, 0.3) is 22.2 Å². The zero-order valence-corrected chi connectivity index (χ0v) is 68.3. The summed E-state index contributed by atoms with van der Waals surface area (Å²) in [6, 6.07) is 20.3. The molecule has 38 heteroatoms. The Morgan fingerprint density at radius 2 is 0.784 bits per heavy atom. The van der Waals surface area contributed by atoms with Crippen molar-refractivity contribution < 1.29 is 66.1 Å². The second-order valence-corrected chi connectivity index (χ2v) is 29.4. The van der Waals surface area contributed by atoms with Crippen molar-refractivity contribution in [2.75, 3.05) is 67.5 Å². The molecule has 0 aliphatic rings. The van der Waals surface area contributed by atoms with Gasteiger partial charge >= 0.3 is 0 Å². The van der Waals surface area contributed by atoms with E-state index in [1.54, 1.807) is 80.6 Å². The highest BCUT2D eigenvalue weighted by Gasteiger charge is 2.27. The van der Waals surface area contributed by atoms with Crippen LogP contribution in [0.4, 0.5) is 71.8 Å². The normalized spacial score (nSPS) is 11.4. The molecule has 1 atom stereocenters. The first kappa shape index (κ1) is 85.4. The molecule has 0 aliphatic heterocycles. The van der Waals surface area contributed by atoms with E-state index in [1.807, 2.05) is 90.4 Å². The summed E-state index contributed by atoms with van der Waals surface area (Å²) >= 11 is 7.83. The summed E-state index contributed by atoms with van der Waals surface area (Å²) < 4.78 is 116. The first-order valence-corrected chi connectivity index (χ1v) is 37.1. The van der Waals surface area contributed by atoms with Crippen molar-refractivity contribution in [2.45, 2.75) is 19.6 Å². The number of hydrogen-bond donors (Lipinski definition) is 9. The molecular weight excluding hydrogens is 1920 g/mol. The number of aliphatic hydroxyl groups is 5. The second kappa shape index (κ2) is 36.7. The van der Waals surface area contributed by atoms with Gasteiger partial charge in [-0.25, -0.2) is 17.6 Å². The number of nitrogens with one attached hydrogen (secondary N) is 4. The zero-order valence-electron chi connectivity index (χ0n) is 59.7. The Morgan fingerprint density at radius 3 is 1.15 bits per heavy atom. The topological polar surface area (TPSA) is 353 Å². The van der Waals surface area contributed by atoms with Crippen LogP contribution < -0.4 is 79.4 Å². The molecule has 28 nitrogen and oxygen atoms in total. The quantitative estimate of drug-likeness (QED) is 0.0255. The molecule has 0 fully saturated rings. The van der Waals surface area contributed by atoms with Crippen LogP contribution in [-0.2, 0) is 55.9 Å². The van der Waals surface area contributed by atoms with Gasteiger partial charge in [0.1, 0.15) is 71.8 Å². The third-order valence-electron chi connectivity index (χ3n) is 16.9. The third-order valence-corrected chi connectivity index (χ3v) is 19.6. The summed E-state index contributed by atoms with van der Waals surface area (Å²) in [7, 11) is 10.5. The Hall–Kier alpha value is -9.58. The van der Waals surface area contributed by atoms with Crippen LogP contribution in [0, 0.1) is 56.1 Å². The number of aryl methyl sites for hydroxylation is 7. The number of benzene rings is 4. The van der Waals surface area contributed by atoms with Crippen LogP contribution in [0.15, 0.2) is 148 Å². The van der Waals surface area contributed by atoms with E-state index in [2.05, 4.69) is 21.3 Å². The summed E-state index contributed by atoms with van der Waals surface area (Å²) in [5, 5.41) is 56.5. The lowest BCUT2D eigenvalue weighted by Gasteiger charge is -2.18. The van der Waals surface area contributed by atoms with Gasteiger partial charge in [0.05, 0.1) is 112 Å². The first-order valence-electron chi connectivity index (χ1n) is 32.8. The fourth-order valence-corrected chi connectivity index (χ4v) is 13.5. The predicted molar refractivity (Wildman–Crippen MR) is 442 cm³/mol. The number of rotatable bonds is 20. The Bertz CT molecular complexity index is 5990. The van der Waals surface area contributed by atoms with Gasteiger partial charge in [0, 0.05) is 94.1 Å². The van der Waals surface area contributed by atoms with Crippen molar-refractivity contribution in [2.24, 2.45) is 49.3 Å². The van der Waals surface area contributed by atoms with Gasteiger partial charge in [-0.1, -0.05) is 0 Å². The highest BCUT2D eigenvalue weighted by Crippen LogP contribution is 2.34. The molecule has 8 heterocycles. The molecule has 0 bridgehead atoms. The molecule has 0 unspecified atom stereocenters. The lowest BCUT2D eigenvalue weighted by atomic mass is 10.1. The monoisotopic (exact) mass is 1990 g/mol. The van der Waals surface area contributed by atoms with Crippen LogP contribution in [-0.4, -0.2) is 114 Å². The average molecular weight is 1990 g/mol. The van der Waals surface area contributed by atoms with E-state index in [0.29, 0.717) is 18.4 Å². The molecule has 12 rings (SSSR count). The molecule has 0 spiro atoms. The molecule has 0 radical (unpaired) electrons. The number of hydrogen-bond acceptors (Lipinski definition) is 20. The molecule has 0 aliphatic carbocycles. The molecule has 0 amide bonds. The zero-order chi connectivity index (χ0) is 81.5. The first-order chi connectivity index (χ1) is 52.6. The molecule has 12 aromatic rings. The van der Waals surface area contributed by atoms with Crippen molar-refractivity contribution in [3.05, 3.63) is 247 Å². The molecule has 9 N–H and O–H groups in total. The number of aliphatic hydroxyl groups excluding tert-OH is 5. The highest BCUT2D eigenvalue weighted by molar-refractivity contribution is 14.1. The van der Waals surface area contributed by atoms with E-state index in [1.165, 1.54) is 113 Å². The van der Waals surface area contributed by atoms with Gasteiger partial charge in [0.15, 0.2) is 22.7 Å². The minimum Gasteiger partial charge on any atom is -0.486 e. The van der Waals surface area contributed by atoms with Gasteiger partial charge in [-0.15, -0.1) is 0 Å². The van der Waals surface area contributed by atoms with E-state index < -0.39 is 86.4 Å². The van der Waals surface area contributed by atoms with Gasteiger partial charge < -0.3 is 79.3 Å². The van der Waals surface area contributed by atoms with E-state index in [9.17, 15) is 74.9 Å². The van der Waals surface area contributed by atoms with E-state index in [4.69, 9.17) is 29.5 Å². The maximum Gasteiger partial charge on any atom is 0.290 e. The SMILES string of the molecule is Cc1c(Nc2ccc(I)cc2F)c2c(=O)c(OCCO)cn(C)c2n(C)c1=O.Cn1c(=O)cc(Nc2ccc(I)cc2F)c2c(=O)ccn(CCO)c21.Cn1cc(OCCO)c(=O)c2c(Nc3ccc(I)cc3F)c(F)c(=O)n(C)c21.Cn1cc(OC[C@@H](O)CO)c(=O)c2c(Nc3ccc(I)cc3F)c(F)c(=O)n(C)c21.